The molecule has 0 fully saturated rings. The third-order valence-corrected chi connectivity index (χ3v) is 3.70. The van der Waals surface area contributed by atoms with Gasteiger partial charge in [-0.15, -0.1) is 11.8 Å². The SMILES string of the molecule is CN(Cc1cn(C)c(=O)n(C)c1=O)C(=O)CSCC(=O)O. The molecule has 8 nitrogen and oxygen atoms in total. The van der Waals surface area contributed by atoms with Crippen molar-refractivity contribution in [2.45, 2.75) is 6.54 Å². The Bertz CT molecular complexity index is 664. The first kappa shape index (κ1) is 17.0. The summed E-state index contributed by atoms with van der Waals surface area (Å²) in [6.45, 7) is 0.0628. The summed E-state index contributed by atoms with van der Waals surface area (Å²) in [5.41, 5.74) is -0.565. The Morgan fingerprint density at radius 3 is 2.48 bits per heavy atom. The predicted molar refractivity (Wildman–Crippen MR) is 78.4 cm³/mol. The summed E-state index contributed by atoms with van der Waals surface area (Å²) >= 11 is 0.992. The number of nitrogens with zero attached hydrogens (tertiary/aromatic N) is 3. The van der Waals surface area contributed by atoms with E-state index in [1.165, 1.54) is 36.8 Å². The van der Waals surface area contributed by atoms with Crippen LogP contribution in [0.2, 0.25) is 0 Å². The lowest BCUT2D eigenvalue weighted by molar-refractivity contribution is -0.133. The molecule has 1 aromatic heterocycles. The molecular formula is C12H17N3O5S. The number of aliphatic carboxylic acids is 1. The molecule has 1 aromatic rings. The van der Waals surface area contributed by atoms with Gasteiger partial charge >= 0.3 is 11.7 Å². The first-order chi connectivity index (χ1) is 9.73. The van der Waals surface area contributed by atoms with Crippen molar-refractivity contribution in [2.24, 2.45) is 14.1 Å². The van der Waals surface area contributed by atoms with Crippen molar-refractivity contribution < 1.29 is 14.7 Å². The van der Waals surface area contributed by atoms with Gasteiger partial charge in [-0.25, -0.2) is 4.79 Å². The van der Waals surface area contributed by atoms with Crippen LogP contribution in [-0.2, 0) is 30.2 Å². The minimum Gasteiger partial charge on any atom is -0.481 e. The third-order valence-electron chi connectivity index (χ3n) is 2.80. The second-order valence-corrected chi connectivity index (χ2v) is 5.53. The van der Waals surface area contributed by atoms with Gasteiger partial charge in [0.15, 0.2) is 0 Å². The van der Waals surface area contributed by atoms with E-state index in [0.717, 1.165) is 16.3 Å². The van der Waals surface area contributed by atoms with Crippen molar-refractivity contribution in [1.29, 1.82) is 0 Å². The van der Waals surface area contributed by atoms with E-state index in [-0.39, 0.29) is 24.0 Å². The summed E-state index contributed by atoms with van der Waals surface area (Å²) in [6, 6.07) is 0. The number of aryl methyl sites for hydroxylation is 1. The highest BCUT2D eigenvalue weighted by Crippen LogP contribution is 2.03. The summed E-state index contributed by atoms with van der Waals surface area (Å²) in [6.07, 6.45) is 1.40. The summed E-state index contributed by atoms with van der Waals surface area (Å²) in [7, 11) is 4.42. The largest absolute Gasteiger partial charge is 0.481 e. The number of carbonyl (C=O) groups is 2. The van der Waals surface area contributed by atoms with Gasteiger partial charge in [-0.2, -0.15) is 0 Å². The lowest BCUT2D eigenvalue weighted by Gasteiger charge is -2.17. The first-order valence-electron chi connectivity index (χ1n) is 6.03. The van der Waals surface area contributed by atoms with E-state index in [2.05, 4.69) is 0 Å². The van der Waals surface area contributed by atoms with Crippen molar-refractivity contribution in [3.8, 4) is 0 Å². The van der Waals surface area contributed by atoms with E-state index in [0.29, 0.717) is 5.56 Å². The monoisotopic (exact) mass is 315 g/mol. The predicted octanol–water partition coefficient (Wildman–Crippen LogP) is -1.14. The second kappa shape index (κ2) is 7.11. The molecule has 9 heteroatoms. The maximum atomic E-state index is 11.9. The standard InChI is InChI=1S/C12H17N3O5S/c1-13(9(16)6-21-7-10(17)18)4-8-5-14(2)12(20)15(3)11(8)19/h5H,4,6-7H2,1-3H3,(H,17,18). The van der Waals surface area contributed by atoms with Gasteiger partial charge in [0, 0.05) is 27.3 Å². The lowest BCUT2D eigenvalue weighted by atomic mass is 10.3. The third kappa shape index (κ3) is 4.48. The number of hydrogen-bond donors (Lipinski definition) is 1. The van der Waals surface area contributed by atoms with Crippen LogP contribution < -0.4 is 11.2 Å². The van der Waals surface area contributed by atoms with E-state index in [1.807, 2.05) is 0 Å². The minimum atomic E-state index is -0.984. The molecule has 0 bridgehead atoms. The van der Waals surface area contributed by atoms with Gasteiger partial charge in [0.25, 0.3) is 5.56 Å². The van der Waals surface area contributed by atoms with E-state index in [4.69, 9.17) is 5.11 Å². The molecule has 0 radical (unpaired) electrons. The average molecular weight is 315 g/mol. The fraction of sp³-hybridized carbons (Fsp3) is 0.500. The van der Waals surface area contributed by atoms with Gasteiger partial charge < -0.3 is 14.6 Å². The van der Waals surface area contributed by atoms with Crippen molar-refractivity contribution >= 4 is 23.6 Å². The van der Waals surface area contributed by atoms with Crippen molar-refractivity contribution in [2.75, 3.05) is 18.6 Å². The maximum absolute atomic E-state index is 11.9. The van der Waals surface area contributed by atoms with Gasteiger partial charge in [0.05, 0.1) is 23.6 Å². The van der Waals surface area contributed by atoms with Gasteiger partial charge in [-0.05, 0) is 0 Å². The average Bonchev–Trinajstić information content (AvgIpc) is 2.41. The van der Waals surface area contributed by atoms with Crippen molar-refractivity contribution in [3.05, 3.63) is 32.6 Å². The number of amides is 1. The molecule has 0 aliphatic rings. The van der Waals surface area contributed by atoms with Crippen LogP contribution in [0.3, 0.4) is 0 Å². The number of carboxylic acids is 1. The zero-order valence-corrected chi connectivity index (χ0v) is 12.8. The molecule has 0 aromatic carbocycles. The number of thioether (sulfide) groups is 1. The van der Waals surface area contributed by atoms with Crippen molar-refractivity contribution in [3.63, 3.8) is 0 Å². The van der Waals surface area contributed by atoms with Crippen molar-refractivity contribution in [1.82, 2.24) is 14.0 Å². The summed E-state index contributed by atoms with van der Waals surface area (Å²) in [5, 5.41) is 8.50. The molecule has 0 spiro atoms. The van der Waals surface area contributed by atoms with Gasteiger partial charge in [0.1, 0.15) is 0 Å². The van der Waals surface area contributed by atoms with E-state index in [9.17, 15) is 19.2 Å². The summed E-state index contributed by atoms with van der Waals surface area (Å²) < 4.78 is 2.25. The second-order valence-electron chi connectivity index (χ2n) is 4.55. The summed E-state index contributed by atoms with van der Waals surface area (Å²) in [5.74, 6) is -1.39. The van der Waals surface area contributed by atoms with Crippen LogP contribution in [0.5, 0.6) is 0 Å². The van der Waals surface area contributed by atoms with Crippen LogP contribution in [0.1, 0.15) is 5.56 Å². The highest BCUT2D eigenvalue weighted by atomic mass is 32.2. The van der Waals surface area contributed by atoms with Crippen LogP contribution in [0.15, 0.2) is 15.8 Å². The topological polar surface area (TPSA) is 102 Å². The molecule has 21 heavy (non-hydrogen) atoms. The Hall–Kier alpha value is -2.03. The lowest BCUT2D eigenvalue weighted by Crippen LogP contribution is -2.40. The zero-order chi connectivity index (χ0) is 16.2. The van der Waals surface area contributed by atoms with Crippen LogP contribution in [-0.4, -0.2) is 49.6 Å². The quantitative estimate of drug-likeness (QED) is 0.712. The molecule has 0 saturated carbocycles. The molecule has 1 N–H and O–H groups in total. The molecule has 1 heterocycles. The molecule has 1 rings (SSSR count). The van der Waals surface area contributed by atoms with Crippen LogP contribution >= 0.6 is 11.8 Å². The Morgan fingerprint density at radius 2 is 1.90 bits per heavy atom. The first-order valence-corrected chi connectivity index (χ1v) is 7.18. The Labute approximate surface area is 125 Å². The van der Waals surface area contributed by atoms with Crippen LogP contribution in [0.25, 0.3) is 0 Å². The number of aromatic nitrogens is 2. The number of carbonyl (C=O) groups excluding carboxylic acids is 1. The number of carboxylic acid groups (broad SMARTS) is 1. The summed E-state index contributed by atoms with van der Waals surface area (Å²) in [4.78, 5) is 47.0. The molecule has 116 valence electrons. The molecule has 1 amide bonds. The Balaban J connectivity index is 2.77. The minimum absolute atomic E-state index is 0.0227. The van der Waals surface area contributed by atoms with Crippen LogP contribution in [0, 0.1) is 0 Å². The Morgan fingerprint density at radius 1 is 1.29 bits per heavy atom. The van der Waals surface area contributed by atoms with E-state index >= 15 is 0 Å². The van der Waals surface area contributed by atoms with E-state index in [1.54, 1.807) is 0 Å². The molecular weight excluding hydrogens is 298 g/mol. The Kier molecular flexibility index (Phi) is 5.77. The fourth-order valence-electron chi connectivity index (χ4n) is 1.67. The fourth-order valence-corrected chi connectivity index (χ4v) is 2.34. The normalized spacial score (nSPS) is 10.4. The van der Waals surface area contributed by atoms with E-state index < -0.39 is 17.2 Å². The molecule has 0 aliphatic heterocycles. The zero-order valence-electron chi connectivity index (χ0n) is 12.0. The highest BCUT2D eigenvalue weighted by Gasteiger charge is 2.14. The van der Waals surface area contributed by atoms with Gasteiger partial charge in [0.2, 0.25) is 5.91 Å². The maximum Gasteiger partial charge on any atom is 0.330 e. The molecule has 0 unspecified atom stereocenters. The van der Waals surface area contributed by atoms with Gasteiger partial charge in [-0.1, -0.05) is 0 Å². The smallest absolute Gasteiger partial charge is 0.330 e. The number of rotatable bonds is 6. The van der Waals surface area contributed by atoms with Gasteiger partial charge in [-0.3, -0.25) is 19.0 Å². The highest BCUT2D eigenvalue weighted by molar-refractivity contribution is 8.00. The number of hydrogen-bond acceptors (Lipinski definition) is 5. The molecule has 0 aliphatic carbocycles. The molecule has 0 saturated heterocycles. The van der Waals surface area contributed by atoms with Crippen LogP contribution in [0.4, 0.5) is 0 Å². The molecule has 0 atom stereocenters.